The standard InChI is InChI=1S/C21H15FN2O2/c22-15-10-11-17-18(12-15)21(26)24(20(17)25)13-23-19-9-5-4-8-16(19)14-6-2-1-3-7-14/h1-12,23H,13H2. The van der Waals surface area contributed by atoms with Crippen molar-refractivity contribution in [2.24, 2.45) is 0 Å². The Balaban J connectivity index is 1.58. The molecule has 0 fully saturated rings. The summed E-state index contributed by atoms with van der Waals surface area (Å²) < 4.78 is 13.4. The first kappa shape index (κ1) is 16.0. The van der Waals surface area contributed by atoms with Gasteiger partial charge in [0.15, 0.2) is 0 Å². The van der Waals surface area contributed by atoms with Crippen LogP contribution in [0.15, 0.2) is 72.8 Å². The van der Waals surface area contributed by atoms with Crippen molar-refractivity contribution in [1.29, 1.82) is 0 Å². The van der Waals surface area contributed by atoms with E-state index < -0.39 is 17.6 Å². The Labute approximate surface area is 149 Å². The first-order chi connectivity index (χ1) is 12.6. The van der Waals surface area contributed by atoms with Gasteiger partial charge in [-0.1, -0.05) is 48.5 Å². The summed E-state index contributed by atoms with van der Waals surface area (Å²) in [7, 11) is 0. The number of nitrogens with one attached hydrogen (secondary N) is 1. The topological polar surface area (TPSA) is 49.4 Å². The number of hydrogen-bond donors (Lipinski definition) is 1. The molecule has 0 aliphatic carbocycles. The number of benzene rings is 3. The fraction of sp³-hybridized carbons (Fsp3) is 0.0476. The van der Waals surface area contributed by atoms with Crippen molar-refractivity contribution in [3.63, 3.8) is 0 Å². The number of anilines is 1. The van der Waals surface area contributed by atoms with Gasteiger partial charge in [-0.15, -0.1) is 0 Å². The third kappa shape index (κ3) is 2.73. The maximum absolute atomic E-state index is 13.4. The normalized spacial score (nSPS) is 13.0. The highest BCUT2D eigenvalue weighted by atomic mass is 19.1. The van der Waals surface area contributed by atoms with Gasteiger partial charge in [0, 0.05) is 11.3 Å². The van der Waals surface area contributed by atoms with E-state index in [1.54, 1.807) is 0 Å². The molecule has 0 radical (unpaired) electrons. The van der Waals surface area contributed by atoms with E-state index in [0.29, 0.717) is 0 Å². The van der Waals surface area contributed by atoms with Gasteiger partial charge in [-0.3, -0.25) is 14.5 Å². The molecule has 0 saturated heterocycles. The summed E-state index contributed by atoms with van der Waals surface area (Å²) in [5.74, 6) is -1.45. The summed E-state index contributed by atoms with van der Waals surface area (Å²) in [6, 6.07) is 21.1. The van der Waals surface area contributed by atoms with Crippen molar-refractivity contribution in [3.8, 4) is 11.1 Å². The van der Waals surface area contributed by atoms with Crippen molar-refractivity contribution in [2.75, 3.05) is 12.0 Å². The SMILES string of the molecule is O=C1c2ccc(F)cc2C(=O)N1CNc1ccccc1-c1ccccc1. The summed E-state index contributed by atoms with van der Waals surface area (Å²) in [4.78, 5) is 26.0. The average molecular weight is 346 g/mol. The predicted octanol–water partition coefficient (Wildman–Crippen LogP) is 4.16. The second kappa shape index (κ2) is 6.44. The number of hydrogen-bond acceptors (Lipinski definition) is 3. The van der Waals surface area contributed by atoms with Crippen LogP contribution in [0.5, 0.6) is 0 Å². The Morgan fingerprint density at radius 3 is 2.27 bits per heavy atom. The first-order valence-electron chi connectivity index (χ1n) is 8.19. The molecule has 3 aromatic carbocycles. The molecule has 4 rings (SSSR count). The van der Waals surface area contributed by atoms with Crippen LogP contribution in [0.2, 0.25) is 0 Å². The number of imide groups is 1. The molecule has 128 valence electrons. The fourth-order valence-electron chi connectivity index (χ4n) is 3.08. The second-order valence-corrected chi connectivity index (χ2v) is 5.97. The maximum Gasteiger partial charge on any atom is 0.263 e. The molecule has 0 saturated carbocycles. The van der Waals surface area contributed by atoms with Crippen LogP contribution in [0.1, 0.15) is 20.7 Å². The number of carbonyl (C=O) groups is 2. The van der Waals surface area contributed by atoms with Gasteiger partial charge in [-0.05, 0) is 29.8 Å². The van der Waals surface area contributed by atoms with Gasteiger partial charge in [0.2, 0.25) is 0 Å². The lowest BCUT2D eigenvalue weighted by Gasteiger charge is -2.18. The van der Waals surface area contributed by atoms with Crippen LogP contribution in [0.4, 0.5) is 10.1 Å². The summed E-state index contributed by atoms with van der Waals surface area (Å²) in [5.41, 5.74) is 3.14. The van der Waals surface area contributed by atoms with Crippen molar-refractivity contribution < 1.29 is 14.0 Å². The number of nitrogens with zero attached hydrogens (tertiary/aromatic N) is 1. The Morgan fingerprint density at radius 1 is 0.769 bits per heavy atom. The molecule has 2 amide bonds. The number of para-hydroxylation sites is 1. The highest BCUT2D eigenvalue weighted by Crippen LogP contribution is 2.28. The highest BCUT2D eigenvalue weighted by Gasteiger charge is 2.35. The van der Waals surface area contributed by atoms with E-state index >= 15 is 0 Å². The number of halogens is 1. The van der Waals surface area contributed by atoms with E-state index in [9.17, 15) is 14.0 Å². The molecular weight excluding hydrogens is 331 g/mol. The zero-order valence-corrected chi connectivity index (χ0v) is 13.8. The zero-order chi connectivity index (χ0) is 18.1. The molecule has 1 heterocycles. The lowest BCUT2D eigenvalue weighted by atomic mass is 10.0. The zero-order valence-electron chi connectivity index (χ0n) is 13.8. The van der Waals surface area contributed by atoms with Crippen LogP contribution in [0.25, 0.3) is 11.1 Å². The monoisotopic (exact) mass is 346 g/mol. The quantitative estimate of drug-likeness (QED) is 0.722. The van der Waals surface area contributed by atoms with E-state index in [4.69, 9.17) is 0 Å². The molecule has 5 heteroatoms. The number of fused-ring (bicyclic) bond motifs is 1. The minimum absolute atomic E-state index is 0.0117. The van der Waals surface area contributed by atoms with Crippen LogP contribution in [-0.4, -0.2) is 23.4 Å². The molecule has 0 spiro atoms. The molecule has 1 N–H and O–H groups in total. The van der Waals surface area contributed by atoms with Crippen LogP contribution >= 0.6 is 0 Å². The second-order valence-electron chi connectivity index (χ2n) is 5.97. The lowest BCUT2D eigenvalue weighted by molar-refractivity contribution is 0.0665. The fourth-order valence-corrected chi connectivity index (χ4v) is 3.08. The molecule has 26 heavy (non-hydrogen) atoms. The van der Waals surface area contributed by atoms with E-state index in [-0.39, 0.29) is 17.8 Å². The van der Waals surface area contributed by atoms with E-state index in [0.717, 1.165) is 27.8 Å². The molecule has 0 aromatic heterocycles. The molecule has 1 aliphatic rings. The van der Waals surface area contributed by atoms with Crippen LogP contribution in [0, 0.1) is 5.82 Å². The summed E-state index contributed by atoms with van der Waals surface area (Å²) in [5, 5.41) is 3.15. The minimum Gasteiger partial charge on any atom is -0.367 e. The number of rotatable bonds is 4. The Kier molecular flexibility index (Phi) is 3.97. The number of amides is 2. The molecule has 0 atom stereocenters. The van der Waals surface area contributed by atoms with Gasteiger partial charge >= 0.3 is 0 Å². The largest absolute Gasteiger partial charge is 0.367 e. The Bertz CT molecular complexity index is 1000. The van der Waals surface area contributed by atoms with Crippen LogP contribution < -0.4 is 5.32 Å². The minimum atomic E-state index is -0.533. The van der Waals surface area contributed by atoms with Gasteiger partial charge in [0.25, 0.3) is 11.8 Å². The Morgan fingerprint density at radius 2 is 1.46 bits per heavy atom. The van der Waals surface area contributed by atoms with Crippen molar-refractivity contribution in [1.82, 2.24) is 4.90 Å². The summed E-state index contributed by atoms with van der Waals surface area (Å²) >= 11 is 0. The summed E-state index contributed by atoms with van der Waals surface area (Å²) in [6.07, 6.45) is 0. The molecule has 0 unspecified atom stereocenters. The van der Waals surface area contributed by atoms with Crippen LogP contribution in [0.3, 0.4) is 0 Å². The van der Waals surface area contributed by atoms with E-state index in [2.05, 4.69) is 5.32 Å². The molecule has 1 aliphatic heterocycles. The van der Waals surface area contributed by atoms with Gasteiger partial charge in [-0.2, -0.15) is 0 Å². The number of carbonyl (C=O) groups excluding carboxylic acids is 2. The third-order valence-corrected chi connectivity index (χ3v) is 4.37. The van der Waals surface area contributed by atoms with E-state index in [1.165, 1.54) is 12.1 Å². The van der Waals surface area contributed by atoms with E-state index in [1.807, 2.05) is 54.6 Å². The van der Waals surface area contributed by atoms with Gasteiger partial charge in [0.1, 0.15) is 5.82 Å². The predicted molar refractivity (Wildman–Crippen MR) is 97.3 cm³/mol. The highest BCUT2D eigenvalue weighted by molar-refractivity contribution is 6.21. The van der Waals surface area contributed by atoms with Crippen molar-refractivity contribution in [2.45, 2.75) is 0 Å². The lowest BCUT2D eigenvalue weighted by Crippen LogP contribution is -2.34. The summed E-state index contributed by atoms with van der Waals surface area (Å²) in [6.45, 7) is 0.0117. The van der Waals surface area contributed by atoms with Gasteiger partial charge in [0.05, 0.1) is 17.8 Å². The molecule has 0 bridgehead atoms. The first-order valence-corrected chi connectivity index (χ1v) is 8.19. The third-order valence-electron chi connectivity index (χ3n) is 4.37. The smallest absolute Gasteiger partial charge is 0.263 e. The van der Waals surface area contributed by atoms with Crippen molar-refractivity contribution >= 4 is 17.5 Å². The molecule has 4 nitrogen and oxygen atoms in total. The maximum atomic E-state index is 13.4. The van der Waals surface area contributed by atoms with Gasteiger partial charge in [-0.25, -0.2) is 4.39 Å². The average Bonchev–Trinajstić information content (AvgIpc) is 2.91. The molecule has 3 aromatic rings. The Hall–Kier alpha value is -3.47. The van der Waals surface area contributed by atoms with Gasteiger partial charge < -0.3 is 5.32 Å². The van der Waals surface area contributed by atoms with Crippen LogP contribution in [-0.2, 0) is 0 Å². The molecular formula is C21H15FN2O2. The van der Waals surface area contributed by atoms with Crippen molar-refractivity contribution in [3.05, 3.63) is 89.7 Å².